The lowest BCUT2D eigenvalue weighted by atomic mass is 9.93. The normalized spacial score (nSPS) is 11.7. The first-order valence-corrected chi connectivity index (χ1v) is 6.60. The summed E-state index contributed by atoms with van der Waals surface area (Å²) in [5, 5.41) is 9.26. The Morgan fingerprint density at radius 3 is 2.45 bits per heavy atom. The third kappa shape index (κ3) is 3.36. The highest BCUT2D eigenvalue weighted by molar-refractivity contribution is 5.32. The van der Waals surface area contributed by atoms with Crippen LogP contribution in [0.4, 0.5) is 4.39 Å². The molecule has 0 fully saturated rings. The summed E-state index contributed by atoms with van der Waals surface area (Å²) in [4.78, 5) is 0. The van der Waals surface area contributed by atoms with Gasteiger partial charge in [0.2, 0.25) is 0 Å². The fraction of sp³-hybridized carbons (Fsp3) is 0.235. The first-order valence-electron chi connectivity index (χ1n) is 6.60. The highest BCUT2D eigenvalue weighted by Crippen LogP contribution is 2.24. The number of rotatable bonds is 5. The van der Waals surface area contributed by atoms with E-state index in [0.29, 0.717) is 18.6 Å². The van der Waals surface area contributed by atoms with E-state index in [0.717, 1.165) is 11.3 Å². The molecule has 1 atom stereocenters. The highest BCUT2D eigenvalue weighted by atomic mass is 19.1. The summed E-state index contributed by atoms with van der Waals surface area (Å²) < 4.78 is 19.1. The van der Waals surface area contributed by atoms with Gasteiger partial charge in [0.1, 0.15) is 11.6 Å². The molecule has 2 aromatic rings. The van der Waals surface area contributed by atoms with Gasteiger partial charge in [-0.15, -0.1) is 0 Å². The molecule has 0 saturated carbocycles. The van der Waals surface area contributed by atoms with Gasteiger partial charge in [-0.1, -0.05) is 30.3 Å². The van der Waals surface area contributed by atoms with Crippen molar-refractivity contribution in [3.63, 3.8) is 0 Å². The van der Waals surface area contributed by atoms with Gasteiger partial charge < -0.3 is 4.74 Å². The summed E-state index contributed by atoms with van der Waals surface area (Å²) in [5.74, 6) is -0.00483. The lowest BCUT2D eigenvalue weighted by Gasteiger charge is -2.11. The lowest BCUT2D eigenvalue weighted by molar-refractivity contribution is 0.340. The molecule has 0 heterocycles. The van der Waals surface area contributed by atoms with Crippen LogP contribution >= 0.6 is 0 Å². The largest absolute Gasteiger partial charge is 0.494 e. The van der Waals surface area contributed by atoms with Gasteiger partial charge in [0.25, 0.3) is 0 Å². The zero-order valence-corrected chi connectivity index (χ0v) is 11.3. The van der Waals surface area contributed by atoms with Gasteiger partial charge in [0.15, 0.2) is 0 Å². The summed E-state index contributed by atoms with van der Waals surface area (Å²) in [6, 6.07) is 16.2. The van der Waals surface area contributed by atoms with Gasteiger partial charge in [0, 0.05) is 5.56 Å². The average Bonchev–Trinajstić information content (AvgIpc) is 2.48. The molecule has 0 aliphatic heterocycles. The van der Waals surface area contributed by atoms with Crippen LogP contribution in [0.3, 0.4) is 0 Å². The molecule has 0 amide bonds. The maximum absolute atomic E-state index is 13.7. The predicted octanol–water partition coefficient (Wildman–Crippen LogP) is 4.07. The second-order valence-electron chi connectivity index (χ2n) is 4.48. The van der Waals surface area contributed by atoms with E-state index in [4.69, 9.17) is 4.74 Å². The van der Waals surface area contributed by atoms with E-state index in [2.05, 4.69) is 6.07 Å². The Morgan fingerprint density at radius 2 is 1.85 bits per heavy atom. The van der Waals surface area contributed by atoms with Crippen molar-refractivity contribution < 1.29 is 9.13 Å². The minimum Gasteiger partial charge on any atom is -0.494 e. The van der Waals surface area contributed by atoms with Gasteiger partial charge >= 0.3 is 0 Å². The van der Waals surface area contributed by atoms with E-state index in [-0.39, 0.29) is 5.82 Å². The lowest BCUT2D eigenvalue weighted by Crippen LogP contribution is -2.03. The molecule has 0 N–H and O–H groups in total. The molecule has 3 heteroatoms. The van der Waals surface area contributed by atoms with E-state index in [1.54, 1.807) is 18.2 Å². The third-order valence-electron chi connectivity index (χ3n) is 3.11. The summed E-state index contributed by atoms with van der Waals surface area (Å²) in [5.41, 5.74) is 1.44. The Kier molecular flexibility index (Phi) is 4.73. The van der Waals surface area contributed by atoms with Crippen molar-refractivity contribution >= 4 is 0 Å². The maximum atomic E-state index is 13.7. The topological polar surface area (TPSA) is 33.0 Å². The first-order chi connectivity index (χ1) is 9.74. The zero-order valence-electron chi connectivity index (χ0n) is 11.3. The van der Waals surface area contributed by atoms with Crippen LogP contribution in [0.1, 0.15) is 24.0 Å². The third-order valence-corrected chi connectivity index (χ3v) is 3.11. The van der Waals surface area contributed by atoms with Crippen molar-refractivity contribution in [3.05, 3.63) is 65.5 Å². The monoisotopic (exact) mass is 269 g/mol. The Bertz CT molecular complexity index is 601. The van der Waals surface area contributed by atoms with Crippen LogP contribution in [-0.4, -0.2) is 6.61 Å². The van der Waals surface area contributed by atoms with Crippen molar-refractivity contribution in [1.82, 2.24) is 0 Å². The Labute approximate surface area is 118 Å². The molecule has 2 rings (SSSR count). The molecule has 102 valence electrons. The summed E-state index contributed by atoms with van der Waals surface area (Å²) in [7, 11) is 0. The summed E-state index contributed by atoms with van der Waals surface area (Å²) in [6.07, 6.45) is 0.490. The van der Waals surface area contributed by atoms with Gasteiger partial charge in [0.05, 0.1) is 18.6 Å². The number of benzene rings is 2. The standard InChI is InChI=1S/C17H16FNO/c1-2-20-15-9-7-13(8-10-15)11-14(12-19)16-5-3-4-6-17(16)18/h3-10,14H,2,11H2,1H3. The SMILES string of the molecule is CCOc1ccc(CC(C#N)c2ccccc2F)cc1. The minimum absolute atomic E-state index is 0.329. The molecule has 0 aromatic heterocycles. The van der Waals surface area contributed by atoms with Gasteiger partial charge in [-0.3, -0.25) is 0 Å². The minimum atomic E-state index is -0.478. The maximum Gasteiger partial charge on any atom is 0.127 e. The Balaban J connectivity index is 2.15. The predicted molar refractivity (Wildman–Crippen MR) is 76.1 cm³/mol. The van der Waals surface area contributed by atoms with Crippen LogP contribution in [0.25, 0.3) is 0 Å². The quantitative estimate of drug-likeness (QED) is 0.819. The second kappa shape index (κ2) is 6.72. The average molecular weight is 269 g/mol. The van der Waals surface area contributed by atoms with E-state index in [1.165, 1.54) is 6.07 Å². The Hall–Kier alpha value is -2.34. The number of ether oxygens (including phenoxy) is 1. The highest BCUT2D eigenvalue weighted by Gasteiger charge is 2.15. The summed E-state index contributed by atoms with van der Waals surface area (Å²) >= 11 is 0. The molecule has 0 aliphatic rings. The van der Waals surface area contributed by atoms with E-state index in [9.17, 15) is 9.65 Å². The number of hydrogen-bond donors (Lipinski definition) is 0. The van der Waals surface area contributed by atoms with E-state index < -0.39 is 5.92 Å². The fourth-order valence-corrected chi connectivity index (χ4v) is 2.11. The van der Waals surface area contributed by atoms with Crippen molar-refractivity contribution in [3.8, 4) is 11.8 Å². The molecule has 0 bridgehead atoms. The molecule has 0 radical (unpaired) electrons. The van der Waals surface area contributed by atoms with Gasteiger partial charge in [-0.25, -0.2) is 4.39 Å². The van der Waals surface area contributed by atoms with Crippen LogP contribution in [0.5, 0.6) is 5.75 Å². The molecule has 0 spiro atoms. The smallest absolute Gasteiger partial charge is 0.127 e. The van der Waals surface area contributed by atoms with Crippen molar-refractivity contribution in [2.75, 3.05) is 6.61 Å². The van der Waals surface area contributed by atoms with Crippen LogP contribution in [0.2, 0.25) is 0 Å². The second-order valence-corrected chi connectivity index (χ2v) is 4.48. The van der Waals surface area contributed by atoms with Crippen LogP contribution < -0.4 is 4.74 Å². The zero-order chi connectivity index (χ0) is 14.4. The molecule has 2 aromatic carbocycles. The van der Waals surface area contributed by atoms with Gasteiger partial charge in [-0.2, -0.15) is 5.26 Å². The number of hydrogen-bond acceptors (Lipinski definition) is 2. The number of nitriles is 1. The molecule has 2 nitrogen and oxygen atoms in total. The van der Waals surface area contributed by atoms with Gasteiger partial charge in [-0.05, 0) is 37.1 Å². The summed E-state index contributed by atoms with van der Waals surface area (Å²) in [6.45, 7) is 2.55. The van der Waals surface area contributed by atoms with Crippen LogP contribution in [0, 0.1) is 17.1 Å². The molecule has 20 heavy (non-hydrogen) atoms. The van der Waals surface area contributed by atoms with Crippen molar-refractivity contribution in [2.24, 2.45) is 0 Å². The molecular formula is C17H16FNO. The van der Waals surface area contributed by atoms with E-state index in [1.807, 2.05) is 31.2 Å². The van der Waals surface area contributed by atoms with Crippen molar-refractivity contribution in [1.29, 1.82) is 5.26 Å². The fourth-order valence-electron chi connectivity index (χ4n) is 2.11. The van der Waals surface area contributed by atoms with Crippen LogP contribution in [-0.2, 0) is 6.42 Å². The van der Waals surface area contributed by atoms with Crippen LogP contribution in [0.15, 0.2) is 48.5 Å². The molecule has 0 aliphatic carbocycles. The first kappa shape index (κ1) is 14.1. The molecule has 1 unspecified atom stereocenters. The molecule has 0 saturated heterocycles. The Morgan fingerprint density at radius 1 is 1.15 bits per heavy atom. The molecular weight excluding hydrogens is 253 g/mol. The number of halogens is 1. The van der Waals surface area contributed by atoms with Crippen molar-refractivity contribution in [2.45, 2.75) is 19.3 Å². The number of nitrogens with zero attached hydrogens (tertiary/aromatic N) is 1. The van der Waals surface area contributed by atoms with E-state index >= 15 is 0 Å².